The molecule has 19 heavy (non-hydrogen) atoms. The number of amides is 2. The Balaban J connectivity index is 1.84. The van der Waals surface area contributed by atoms with Crippen molar-refractivity contribution in [3.63, 3.8) is 0 Å². The SMILES string of the molecule is CCCC1(C(=O)N(C)CC(=O)N2CCNCC2)CC1. The highest BCUT2D eigenvalue weighted by Crippen LogP contribution is 2.50. The molecule has 0 spiro atoms. The van der Waals surface area contributed by atoms with Crippen molar-refractivity contribution in [1.29, 1.82) is 0 Å². The molecule has 1 heterocycles. The predicted molar refractivity (Wildman–Crippen MR) is 73.7 cm³/mol. The summed E-state index contributed by atoms with van der Waals surface area (Å²) in [5.41, 5.74) is -0.132. The Hall–Kier alpha value is -1.10. The molecule has 0 unspecified atom stereocenters. The van der Waals surface area contributed by atoms with Crippen LogP contribution in [0.5, 0.6) is 0 Å². The zero-order valence-corrected chi connectivity index (χ0v) is 12.1. The first-order valence-corrected chi connectivity index (χ1v) is 7.33. The lowest BCUT2D eigenvalue weighted by Gasteiger charge is -2.30. The monoisotopic (exact) mass is 267 g/mol. The number of hydrogen-bond donors (Lipinski definition) is 1. The first-order valence-electron chi connectivity index (χ1n) is 7.33. The van der Waals surface area contributed by atoms with Crippen molar-refractivity contribution < 1.29 is 9.59 Å². The standard InChI is InChI=1S/C14H25N3O2/c1-3-4-14(5-6-14)13(19)16(2)11-12(18)17-9-7-15-8-10-17/h15H,3-11H2,1-2H3. The maximum Gasteiger partial charge on any atom is 0.242 e. The zero-order valence-electron chi connectivity index (χ0n) is 12.1. The molecule has 1 saturated carbocycles. The summed E-state index contributed by atoms with van der Waals surface area (Å²) in [4.78, 5) is 28.0. The Labute approximate surface area is 115 Å². The van der Waals surface area contributed by atoms with Gasteiger partial charge in [0, 0.05) is 38.6 Å². The van der Waals surface area contributed by atoms with Gasteiger partial charge < -0.3 is 15.1 Å². The van der Waals surface area contributed by atoms with E-state index < -0.39 is 0 Å². The summed E-state index contributed by atoms with van der Waals surface area (Å²) in [5.74, 6) is 0.238. The Kier molecular flexibility index (Phi) is 4.45. The van der Waals surface area contributed by atoms with Gasteiger partial charge in [0.15, 0.2) is 0 Å². The first kappa shape index (κ1) is 14.3. The Morgan fingerprint density at radius 3 is 2.42 bits per heavy atom. The van der Waals surface area contributed by atoms with E-state index in [0.29, 0.717) is 0 Å². The van der Waals surface area contributed by atoms with Gasteiger partial charge in [-0.05, 0) is 19.3 Å². The van der Waals surface area contributed by atoms with Gasteiger partial charge in [0.25, 0.3) is 0 Å². The van der Waals surface area contributed by atoms with Gasteiger partial charge in [0.05, 0.1) is 6.54 Å². The van der Waals surface area contributed by atoms with Crippen LogP contribution in [0.2, 0.25) is 0 Å². The lowest BCUT2D eigenvalue weighted by atomic mass is 9.99. The molecule has 0 atom stereocenters. The van der Waals surface area contributed by atoms with Gasteiger partial charge in [-0.3, -0.25) is 9.59 Å². The summed E-state index contributed by atoms with van der Waals surface area (Å²) in [5, 5.41) is 3.22. The molecule has 0 radical (unpaired) electrons. The summed E-state index contributed by atoms with van der Waals surface area (Å²) in [6.07, 6.45) is 3.97. The van der Waals surface area contributed by atoms with E-state index in [1.807, 2.05) is 4.90 Å². The molecular formula is C14H25N3O2. The number of likely N-dealkylation sites (N-methyl/N-ethyl adjacent to an activating group) is 1. The summed E-state index contributed by atoms with van der Waals surface area (Å²) in [6, 6.07) is 0. The molecule has 1 aliphatic carbocycles. The van der Waals surface area contributed by atoms with Gasteiger partial charge in [-0.2, -0.15) is 0 Å². The van der Waals surface area contributed by atoms with E-state index in [1.54, 1.807) is 11.9 Å². The number of carbonyl (C=O) groups is 2. The molecule has 5 nitrogen and oxygen atoms in total. The predicted octanol–water partition coefficient (Wildman–Crippen LogP) is 0.457. The van der Waals surface area contributed by atoms with Gasteiger partial charge in [-0.25, -0.2) is 0 Å². The highest BCUT2D eigenvalue weighted by Gasteiger charge is 2.50. The number of hydrogen-bond acceptors (Lipinski definition) is 3. The van der Waals surface area contributed by atoms with Crippen molar-refractivity contribution in [2.24, 2.45) is 5.41 Å². The van der Waals surface area contributed by atoms with Crippen LogP contribution in [0.3, 0.4) is 0 Å². The second kappa shape index (κ2) is 5.90. The molecule has 2 rings (SSSR count). The maximum absolute atomic E-state index is 12.4. The van der Waals surface area contributed by atoms with Crippen LogP contribution < -0.4 is 5.32 Å². The van der Waals surface area contributed by atoms with E-state index in [0.717, 1.165) is 51.9 Å². The van der Waals surface area contributed by atoms with Crippen LogP contribution in [0.4, 0.5) is 0 Å². The summed E-state index contributed by atoms with van der Waals surface area (Å²) < 4.78 is 0. The Bertz CT molecular complexity index is 347. The van der Waals surface area contributed by atoms with Gasteiger partial charge in [-0.15, -0.1) is 0 Å². The minimum atomic E-state index is -0.132. The molecule has 108 valence electrons. The van der Waals surface area contributed by atoms with E-state index in [1.165, 1.54) is 0 Å². The van der Waals surface area contributed by atoms with Crippen LogP contribution in [0.1, 0.15) is 32.6 Å². The van der Waals surface area contributed by atoms with Crippen molar-refractivity contribution in [3.8, 4) is 0 Å². The lowest BCUT2D eigenvalue weighted by molar-refractivity contribution is -0.143. The van der Waals surface area contributed by atoms with Crippen LogP contribution in [-0.4, -0.2) is 61.4 Å². The van der Waals surface area contributed by atoms with Crippen molar-refractivity contribution in [2.75, 3.05) is 39.8 Å². The highest BCUT2D eigenvalue weighted by molar-refractivity contribution is 5.89. The molecule has 2 fully saturated rings. The Morgan fingerprint density at radius 2 is 1.89 bits per heavy atom. The quantitative estimate of drug-likeness (QED) is 0.787. The lowest BCUT2D eigenvalue weighted by Crippen LogP contribution is -2.50. The third-order valence-electron chi connectivity index (χ3n) is 4.22. The number of nitrogens with one attached hydrogen (secondary N) is 1. The normalized spacial score (nSPS) is 21.1. The molecule has 5 heteroatoms. The molecule has 1 aliphatic heterocycles. The summed E-state index contributed by atoms with van der Waals surface area (Å²) >= 11 is 0. The van der Waals surface area contributed by atoms with Crippen LogP contribution in [-0.2, 0) is 9.59 Å². The molecule has 0 aromatic rings. The molecule has 0 aromatic heterocycles. The average molecular weight is 267 g/mol. The molecule has 1 N–H and O–H groups in total. The molecule has 0 bridgehead atoms. The fourth-order valence-electron chi connectivity index (χ4n) is 2.89. The smallest absolute Gasteiger partial charge is 0.242 e. The van der Waals surface area contributed by atoms with Crippen LogP contribution in [0.15, 0.2) is 0 Å². The highest BCUT2D eigenvalue weighted by atomic mass is 16.2. The largest absolute Gasteiger partial charge is 0.339 e. The molecule has 2 amide bonds. The van der Waals surface area contributed by atoms with Crippen molar-refractivity contribution in [2.45, 2.75) is 32.6 Å². The topological polar surface area (TPSA) is 52.7 Å². The molecular weight excluding hydrogens is 242 g/mol. The van der Waals surface area contributed by atoms with Crippen LogP contribution >= 0.6 is 0 Å². The summed E-state index contributed by atoms with van der Waals surface area (Å²) in [7, 11) is 1.76. The van der Waals surface area contributed by atoms with Crippen molar-refractivity contribution in [1.82, 2.24) is 15.1 Å². The van der Waals surface area contributed by atoms with E-state index in [-0.39, 0.29) is 23.8 Å². The number of nitrogens with zero attached hydrogens (tertiary/aromatic N) is 2. The number of rotatable bonds is 5. The fourth-order valence-corrected chi connectivity index (χ4v) is 2.89. The van der Waals surface area contributed by atoms with E-state index in [4.69, 9.17) is 0 Å². The molecule has 1 saturated heterocycles. The zero-order chi connectivity index (χ0) is 13.9. The number of piperazine rings is 1. The van der Waals surface area contributed by atoms with E-state index in [9.17, 15) is 9.59 Å². The molecule has 2 aliphatic rings. The van der Waals surface area contributed by atoms with Crippen molar-refractivity contribution >= 4 is 11.8 Å². The number of carbonyl (C=O) groups excluding carboxylic acids is 2. The van der Waals surface area contributed by atoms with Gasteiger partial charge >= 0.3 is 0 Å². The average Bonchev–Trinajstić information content (AvgIpc) is 3.20. The van der Waals surface area contributed by atoms with Crippen LogP contribution in [0.25, 0.3) is 0 Å². The maximum atomic E-state index is 12.4. The summed E-state index contributed by atoms with van der Waals surface area (Å²) in [6.45, 7) is 5.54. The third-order valence-corrected chi connectivity index (χ3v) is 4.22. The second-order valence-corrected chi connectivity index (χ2v) is 5.82. The van der Waals surface area contributed by atoms with E-state index >= 15 is 0 Å². The second-order valence-electron chi connectivity index (χ2n) is 5.82. The van der Waals surface area contributed by atoms with Crippen molar-refractivity contribution in [3.05, 3.63) is 0 Å². The molecule has 0 aromatic carbocycles. The van der Waals surface area contributed by atoms with Crippen LogP contribution in [0, 0.1) is 5.41 Å². The first-order chi connectivity index (χ1) is 9.09. The minimum absolute atomic E-state index is 0.0737. The minimum Gasteiger partial charge on any atom is -0.339 e. The Morgan fingerprint density at radius 1 is 1.26 bits per heavy atom. The third kappa shape index (κ3) is 3.26. The fraction of sp³-hybridized carbons (Fsp3) is 0.857. The van der Waals surface area contributed by atoms with Gasteiger partial charge in [-0.1, -0.05) is 13.3 Å². The van der Waals surface area contributed by atoms with E-state index in [2.05, 4.69) is 12.2 Å². The van der Waals surface area contributed by atoms with Gasteiger partial charge in [0.2, 0.25) is 11.8 Å². The van der Waals surface area contributed by atoms with Gasteiger partial charge in [0.1, 0.15) is 0 Å².